The number of fused-ring (bicyclic) bond motifs is 2. The summed E-state index contributed by atoms with van der Waals surface area (Å²) in [6.07, 6.45) is 9.11. The summed E-state index contributed by atoms with van der Waals surface area (Å²) >= 11 is 0. The number of aromatic hydroxyl groups is 1. The normalized spacial score (nSPS) is 14.5. The Labute approximate surface area is 275 Å². The summed E-state index contributed by atoms with van der Waals surface area (Å²) in [6, 6.07) is 6.49. The molecule has 0 aliphatic carbocycles. The summed E-state index contributed by atoms with van der Waals surface area (Å²) in [6.45, 7) is 7.98. The number of hydrogen-bond acceptors (Lipinski definition) is 9. The number of ether oxygens (including phenoxy) is 1. The summed E-state index contributed by atoms with van der Waals surface area (Å²) < 4.78 is 7.49. The lowest BCUT2D eigenvalue weighted by Gasteiger charge is -2.26. The van der Waals surface area contributed by atoms with Gasteiger partial charge in [0.2, 0.25) is 11.5 Å². The van der Waals surface area contributed by atoms with Gasteiger partial charge < -0.3 is 35.9 Å². The van der Waals surface area contributed by atoms with Crippen molar-refractivity contribution >= 4 is 33.5 Å². The molecule has 0 saturated carbocycles. The van der Waals surface area contributed by atoms with Gasteiger partial charge in [0.25, 0.3) is 0 Å². The van der Waals surface area contributed by atoms with E-state index in [0.29, 0.717) is 42.0 Å². The van der Waals surface area contributed by atoms with Gasteiger partial charge in [0.05, 0.1) is 28.9 Å². The van der Waals surface area contributed by atoms with Crippen LogP contribution >= 0.6 is 0 Å². The number of pyridine rings is 2. The Balaban J connectivity index is 1.03. The number of carbonyl (C=O) groups is 1. The average molecular weight is 648 g/mol. The van der Waals surface area contributed by atoms with Crippen LogP contribution in [0.3, 0.4) is 0 Å². The molecule has 1 atom stereocenters. The highest BCUT2D eigenvalue weighted by atomic mass is 16.5. The van der Waals surface area contributed by atoms with E-state index in [2.05, 4.69) is 39.9 Å². The van der Waals surface area contributed by atoms with Crippen molar-refractivity contribution < 1.29 is 19.7 Å². The number of anilines is 1. The Hall–Kier alpha value is -4.00. The van der Waals surface area contributed by atoms with E-state index >= 15 is 0 Å². The number of nitrogens with one attached hydrogen (secondary N) is 4. The molecule has 47 heavy (non-hydrogen) atoms. The first-order chi connectivity index (χ1) is 22.9. The molecule has 1 amide bonds. The van der Waals surface area contributed by atoms with Gasteiger partial charge in [0.15, 0.2) is 5.65 Å². The van der Waals surface area contributed by atoms with Crippen molar-refractivity contribution in [2.75, 3.05) is 31.6 Å². The maximum Gasteiger partial charge on any atom is 0.248 e. The Kier molecular flexibility index (Phi) is 12.2. The van der Waals surface area contributed by atoms with Crippen LogP contribution in [0.2, 0.25) is 0 Å². The molecular formula is C35H49N7O5. The monoisotopic (exact) mass is 647 g/mol. The molecule has 5 rings (SSSR count). The number of amides is 1. The van der Waals surface area contributed by atoms with Gasteiger partial charge in [0, 0.05) is 68.0 Å². The first-order valence-corrected chi connectivity index (χ1v) is 17.1. The highest BCUT2D eigenvalue weighted by molar-refractivity contribution is 5.92. The molecular weight excluding hydrogens is 598 g/mol. The smallest absolute Gasteiger partial charge is 0.248 e. The fourth-order valence-corrected chi connectivity index (χ4v) is 6.34. The summed E-state index contributed by atoms with van der Waals surface area (Å²) in [5.41, 5.74) is 4.63. The highest BCUT2D eigenvalue weighted by Crippen LogP contribution is 2.31. The Morgan fingerprint density at radius 3 is 2.66 bits per heavy atom. The van der Waals surface area contributed by atoms with Crippen molar-refractivity contribution in [2.24, 2.45) is 0 Å². The van der Waals surface area contributed by atoms with E-state index in [9.17, 15) is 19.8 Å². The number of rotatable bonds is 17. The fourth-order valence-electron chi connectivity index (χ4n) is 6.34. The number of phenols is 1. The van der Waals surface area contributed by atoms with Gasteiger partial charge in [-0.25, -0.2) is 9.67 Å². The van der Waals surface area contributed by atoms with Crippen molar-refractivity contribution in [1.82, 2.24) is 30.4 Å². The minimum Gasteiger partial charge on any atom is -0.506 e. The van der Waals surface area contributed by atoms with Crippen molar-refractivity contribution in [1.29, 1.82) is 0 Å². The fraction of sp³-hybridized carbons (Fsp3) is 0.543. The molecule has 0 spiro atoms. The molecule has 1 fully saturated rings. The molecule has 1 aliphatic heterocycles. The van der Waals surface area contributed by atoms with E-state index in [0.717, 1.165) is 106 Å². The molecule has 12 heteroatoms. The van der Waals surface area contributed by atoms with Crippen molar-refractivity contribution in [3.05, 3.63) is 57.6 Å². The van der Waals surface area contributed by atoms with Gasteiger partial charge in [-0.1, -0.05) is 32.3 Å². The second-order valence-corrected chi connectivity index (χ2v) is 12.3. The van der Waals surface area contributed by atoms with Gasteiger partial charge in [0.1, 0.15) is 5.75 Å². The molecule has 4 heterocycles. The molecule has 6 N–H and O–H groups in total. The molecule has 1 saturated heterocycles. The van der Waals surface area contributed by atoms with Crippen LogP contribution in [0.5, 0.6) is 5.75 Å². The van der Waals surface area contributed by atoms with Crippen LogP contribution in [0, 0.1) is 0 Å². The number of aliphatic hydroxyl groups excluding tert-OH is 1. The Morgan fingerprint density at radius 1 is 1.09 bits per heavy atom. The summed E-state index contributed by atoms with van der Waals surface area (Å²) in [7, 11) is 0. The number of nitrogens with zero attached hydrogens (tertiary/aromatic N) is 3. The van der Waals surface area contributed by atoms with Crippen molar-refractivity contribution in [2.45, 2.75) is 96.9 Å². The third-order valence-electron chi connectivity index (χ3n) is 9.00. The van der Waals surface area contributed by atoms with E-state index in [4.69, 9.17) is 9.72 Å². The first-order valence-electron chi connectivity index (χ1n) is 17.1. The molecule has 1 unspecified atom stereocenters. The van der Waals surface area contributed by atoms with Gasteiger partial charge in [-0.3, -0.25) is 9.59 Å². The molecule has 1 aliphatic rings. The number of aryl methyl sites for hydroxylation is 2. The second-order valence-electron chi connectivity index (χ2n) is 12.3. The number of H-pyrrole nitrogens is 1. The van der Waals surface area contributed by atoms with Crippen LogP contribution in [-0.4, -0.2) is 68.2 Å². The zero-order chi connectivity index (χ0) is 33.2. The van der Waals surface area contributed by atoms with Crippen LogP contribution in [0.25, 0.3) is 21.9 Å². The molecule has 4 aromatic rings. The number of aromatic nitrogens is 4. The molecule has 0 radical (unpaired) electrons. The second kappa shape index (κ2) is 16.7. The zero-order valence-electron chi connectivity index (χ0n) is 27.6. The Bertz CT molecular complexity index is 1700. The number of phenolic OH excluding ortho intramolecular Hbond substituents is 1. The third kappa shape index (κ3) is 8.68. The summed E-state index contributed by atoms with van der Waals surface area (Å²) in [4.78, 5) is 32.1. The van der Waals surface area contributed by atoms with Crippen molar-refractivity contribution in [3.63, 3.8) is 0 Å². The zero-order valence-corrected chi connectivity index (χ0v) is 27.6. The van der Waals surface area contributed by atoms with E-state index in [1.807, 2.05) is 10.9 Å². The van der Waals surface area contributed by atoms with E-state index < -0.39 is 6.10 Å². The standard InChI is InChI=1S/C35H49N7O5/c1-3-28-26(33(39-23-15-18-47-19-16-23)27-21-38-42(4-2)35(27)40-28)20-37-31(45)10-8-6-5-7-9-17-36-22-30(44)24-11-13-29(43)34-25(24)12-14-32(46)41-34/h11-14,21,23,30,36,43-44H,3-10,15-20,22H2,1-2H3,(H,37,45)(H,39,40)(H,41,46). The predicted octanol–water partition coefficient (Wildman–Crippen LogP) is 4.43. The molecule has 254 valence electrons. The first kappa shape index (κ1) is 34.3. The largest absolute Gasteiger partial charge is 0.506 e. The summed E-state index contributed by atoms with van der Waals surface area (Å²) in [5, 5.41) is 37.2. The van der Waals surface area contributed by atoms with Crippen LogP contribution in [0.1, 0.15) is 88.1 Å². The van der Waals surface area contributed by atoms with Crippen LogP contribution in [-0.2, 0) is 29.0 Å². The lowest BCUT2D eigenvalue weighted by molar-refractivity contribution is -0.121. The molecule has 0 bridgehead atoms. The number of aromatic amines is 1. The average Bonchev–Trinajstić information content (AvgIpc) is 3.50. The quantitative estimate of drug-likeness (QED) is 0.0909. The molecule has 3 aromatic heterocycles. The molecule has 1 aromatic carbocycles. The van der Waals surface area contributed by atoms with Crippen LogP contribution in [0.15, 0.2) is 35.3 Å². The lowest BCUT2D eigenvalue weighted by Crippen LogP contribution is -2.30. The highest BCUT2D eigenvalue weighted by Gasteiger charge is 2.22. The number of unbranched alkanes of at least 4 members (excludes halogenated alkanes) is 4. The lowest BCUT2D eigenvalue weighted by atomic mass is 10.0. The number of aliphatic hydroxyl groups is 1. The van der Waals surface area contributed by atoms with E-state index in [1.54, 1.807) is 12.1 Å². The van der Waals surface area contributed by atoms with Gasteiger partial charge in [-0.05, 0) is 63.3 Å². The summed E-state index contributed by atoms with van der Waals surface area (Å²) in [5.74, 6) is 0.0302. The number of carbonyl (C=O) groups excluding carboxylic acids is 1. The predicted molar refractivity (Wildman–Crippen MR) is 184 cm³/mol. The Morgan fingerprint density at radius 2 is 1.87 bits per heavy atom. The minimum atomic E-state index is -0.767. The van der Waals surface area contributed by atoms with Gasteiger partial charge >= 0.3 is 0 Å². The van der Waals surface area contributed by atoms with Crippen molar-refractivity contribution in [3.8, 4) is 5.75 Å². The van der Waals surface area contributed by atoms with Crippen LogP contribution in [0.4, 0.5) is 5.69 Å². The van der Waals surface area contributed by atoms with E-state index in [-0.39, 0.29) is 17.2 Å². The van der Waals surface area contributed by atoms with Crippen LogP contribution < -0.4 is 21.5 Å². The third-order valence-corrected chi connectivity index (χ3v) is 9.00. The topological polar surface area (TPSA) is 166 Å². The number of hydrogen-bond donors (Lipinski definition) is 6. The molecule has 12 nitrogen and oxygen atoms in total. The maximum absolute atomic E-state index is 12.9. The number of benzene rings is 1. The van der Waals surface area contributed by atoms with Gasteiger partial charge in [-0.15, -0.1) is 0 Å². The van der Waals surface area contributed by atoms with E-state index in [1.165, 1.54) is 12.1 Å². The maximum atomic E-state index is 12.9. The minimum absolute atomic E-state index is 0.0207. The SMILES string of the molecule is CCc1nc2c(cnn2CC)c(NC2CCOCC2)c1CNC(=O)CCCCCCCNCC(O)c1ccc(O)c2[nH]c(=O)ccc12. The van der Waals surface area contributed by atoms with Gasteiger partial charge in [-0.2, -0.15) is 5.10 Å².